The number of nitrogens with zero attached hydrogens (tertiary/aromatic N) is 1. The first kappa shape index (κ1) is 22.5. The average molecular weight is 469 g/mol. The molecular formula is C25H25ClN2O3S. The van der Waals surface area contributed by atoms with Crippen molar-refractivity contribution in [2.75, 3.05) is 6.54 Å². The van der Waals surface area contributed by atoms with E-state index in [9.17, 15) is 13.2 Å². The van der Waals surface area contributed by atoms with Crippen LogP contribution in [-0.2, 0) is 21.4 Å². The first-order valence-electron chi connectivity index (χ1n) is 10.6. The predicted octanol–water partition coefficient (Wildman–Crippen LogP) is 4.80. The van der Waals surface area contributed by atoms with Crippen molar-refractivity contribution in [1.29, 1.82) is 0 Å². The van der Waals surface area contributed by atoms with Crippen LogP contribution < -0.4 is 5.32 Å². The summed E-state index contributed by atoms with van der Waals surface area (Å²) in [7, 11) is -3.81. The van der Waals surface area contributed by atoms with Crippen LogP contribution in [0.3, 0.4) is 0 Å². The average Bonchev–Trinajstić information content (AvgIpc) is 2.83. The Morgan fingerprint density at radius 2 is 1.53 bits per heavy atom. The zero-order valence-corrected chi connectivity index (χ0v) is 19.1. The fourth-order valence-corrected chi connectivity index (χ4v) is 5.91. The third-order valence-electron chi connectivity index (χ3n) is 5.82. The van der Waals surface area contributed by atoms with Crippen molar-refractivity contribution in [2.45, 2.75) is 30.3 Å². The molecule has 3 aromatic rings. The number of hydrogen-bond acceptors (Lipinski definition) is 3. The van der Waals surface area contributed by atoms with Gasteiger partial charge in [-0.2, -0.15) is 4.31 Å². The highest BCUT2D eigenvalue weighted by Crippen LogP contribution is 2.37. The Morgan fingerprint density at radius 1 is 0.906 bits per heavy atom. The molecule has 0 spiro atoms. The van der Waals surface area contributed by atoms with Crippen molar-refractivity contribution in [2.24, 2.45) is 5.92 Å². The van der Waals surface area contributed by atoms with E-state index in [1.54, 1.807) is 12.1 Å². The highest BCUT2D eigenvalue weighted by atomic mass is 35.5. The van der Waals surface area contributed by atoms with Crippen LogP contribution in [0, 0.1) is 5.92 Å². The van der Waals surface area contributed by atoms with Crippen molar-refractivity contribution in [3.05, 3.63) is 101 Å². The molecule has 0 unspecified atom stereocenters. The molecule has 1 saturated heterocycles. The number of hydrogen-bond donors (Lipinski definition) is 1. The van der Waals surface area contributed by atoms with Gasteiger partial charge in [0.05, 0.1) is 16.9 Å². The maximum atomic E-state index is 13.6. The molecule has 1 amide bonds. The summed E-state index contributed by atoms with van der Waals surface area (Å²) in [5, 5.41) is 3.44. The minimum atomic E-state index is -3.81. The number of halogens is 1. The second-order valence-electron chi connectivity index (χ2n) is 7.93. The lowest BCUT2D eigenvalue weighted by molar-refractivity contribution is -0.126. The molecular weight excluding hydrogens is 444 g/mol. The molecule has 166 valence electrons. The Balaban J connectivity index is 1.58. The van der Waals surface area contributed by atoms with Crippen molar-refractivity contribution in [3.8, 4) is 0 Å². The summed E-state index contributed by atoms with van der Waals surface area (Å²) < 4.78 is 28.6. The number of piperidine rings is 1. The Hall–Kier alpha value is -2.67. The molecule has 3 aromatic carbocycles. The van der Waals surface area contributed by atoms with E-state index < -0.39 is 15.9 Å². The normalized spacial score (nSPS) is 19.4. The van der Waals surface area contributed by atoms with Gasteiger partial charge in [-0.1, -0.05) is 72.3 Å². The largest absolute Gasteiger partial charge is 0.352 e. The van der Waals surface area contributed by atoms with Gasteiger partial charge < -0.3 is 5.32 Å². The van der Waals surface area contributed by atoms with Gasteiger partial charge in [-0.15, -0.1) is 0 Å². The van der Waals surface area contributed by atoms with Crippen LogP contribution in [0.25, 0.3) is 0 Å². The minimum absolute atomic E-state index is 0.128. The molecule has 5 nitrogen and oxygen atoms in total. The van der Waals surface area contributed by atoms with Crippen LogP contribution in [0.15, 0.2) is 89.8 Å². The lowest BCUT2D eigenvalue weighted by Crippen LogP contribution is -2.46. The zero-order valence-electron chi connectivity index (χ0n) is 17.5. The Kier molecular flexibility index (Phi) is 6.94. The monoisotopic (exact) mass is 468 g/mol. The van der Waals surface area contributed by atoms with Crippen LogP contribution >= 0.6 is 11.6 Å². The smallest absolute Gasteiger partial charge is 0.243 e. The number of rotatable bonds is 6. The first-order valence-corrected chi connectivity index (χ1v) is 12.4. The van der Waals surface area contributed by atoms with Gasteiger partial charge >= 0.3 is 0 Å². The summed E-state index contributed by atoms with van der Waals surface area (Å²) >= 11 is 5.96. The van der Waals surface area contributed by atoms with E-state index in [2.05, 4.69) is 5.32 Å². The molecule has 0 radical (unpaired) electrons. The molecule has 1 aliphatic rings. The highest BCUT2D eigenvalue weighted by molar-refractivity contribution is 7.89. The van der Waals surface area contributed by atoms with Gasteiger partial charge in [0.1, 0.15) is 0 Å². The maximum absolute atomic E-state index is 13.6. The van der Waals surface area contributed by atoms with Crippen LogP contribution in [-0.4, -0.2) is 25.2 Å². The standard InChI is InChI=1S/C25H25ClN2O3S/c26-22-12-14-23(15-13-22)32(30,31)28-18-21(11-16-24(28)20-9-5-2-6-10-20)25(29)27-17-19-7-3-1-4-8-19/h1-10,12-15,21,24H,11,16-18H2,(H,27,29)/t21-,24-/m1/s1. The third kappa shape index (κ3) is 5.04. The van der Waals surface area contributed by atoms with E-state index in [-0.39, 0.29) is 23.4 Å². The maximum Gasteiger partial charge on any atom is 0.243 e. The lowest BCUT2D eigenvalue weighted by atomic mass is 9.90. The fraction of sp³-hybridized carbons (Fsp3) is 0.240. The van der Waals surface area contributed by atoms with Crippen molar-refractivity contribution in [3.63, 3.8) is 0 Å². The second kappa shape index (κ2) is 9.86. The minimum Gasteiger partial charge on any atom is -0.352 e. The van der Waals surface area contributed by atoms with E-state index in [1.807, 2.05) is 60.7 Å². The van der Waals surface area contributed by atoms with Gasteiger partial charge in [0.2, 0.25) is 15.9 Å². The van der Waals surface area contributed by atoms with Crippen molar-refractivity contribution < 1.29 is 13.2 Å². The van der Waals surface area contributed by atoms with E-state index in [1.165, 1.54) is 16.4 Å². The Bertz CT molecular complexity index is 1150. The summed E-state index contributed by atoms with van der Waals surface area (Å²) in [5.74, 6) is -0.544. The van der Waals surface area contributed by atoms with E-state index in [0.29, 0.717) is 24.4 Å². The van der Waals surface area contributed by atoms with Crippen molar-refractivity contribution >= 4 is 27.5 Å². The number of sulfonamides is 1. The van der Waals surface area contributed by atoms with E-state index in [4.69, 9.17) is 11.6 Å². The predicted molar refractivity (Wildman–Crippen MR) is 126 cm³/mol. The van der Waals surface area contributed by atoms with Gasteiger partial charge in [-0.05, 0) is 48.2 Å². The fourth-order valence-electron chi connectivity index (χ4n) is 4.10. The molecule has 1 N–H and O–H groups in total. The molecule has 0 aromatic heterocycles. The topological polar surface area (TPSA) is 66.5 Å². The van der Waals surface area contributed by atoms with Crippen LogP contribution in [0.1, 0.15) is 30.0 Å². The first-order chi connectivity index (χ1) is 15.4. The molecule has 2 atom stereocenters. The molecule has 1 fully saturated rings. The van der Waals surface area contributed by atoms with Crippen molar-refractivity contribution in [1.82, 2.24) is 9.62 Å². The summed E-state index contributed by atoms with van der Waals surface area (Å²) in [5.41, 5.74) is 1.93. The van der Waals surface area contributed by atoms with Gasteiger partial charge in [-0.3, -0.25) is 4.79 Å². The molecule has 7 heteroatoms. The quantitative estimate of drug-likeness (QED) is 0.565. The SMILES string of the molecule is O=C(NCc1ccccc1)[C@@H]1CC[C@H](c2ccccc2)N(S(=O)(=O)c2ccc(Cl)cc2)C1. The number of amides is 1. The van der Waals surface area contributed by atoms with Crippen LogP contribution in [0.5, 0.6) is 0 Å². The van der Waals surface area contributed by atoms with Gasteiger partial charge in [0.15, 0.2) is 0 Å². The molecule has 1 heterocycles. The number of nitrogens with one attached hydrogen (secondary N) is 1. The van der Waals surface area contributed by atoms with Gasteiger partial charge in [0.25, 0.3) is 0 Å². The molecule has 0 aliphatic carbocycles. The highest BCUT2D eigenvalue weighted by Gasteiger charge is 2.40. The summed E-state index contributed by atoms with van der Waals surface area (Å²) in [6.45, 7) is 0.549. The lowest BCUT2D eigenvalue weighted by Gasteiger charge is -2.38. The van der Waals surface area contributed by atoms with Gasteiger partial charge in [-0.25, -0.2) is 8.42 Å². The molecule has 0 saturated carbocycles. The molecule has 1 aliphatic heterocycles. The van der Waals surface area contributed by atoms with E-state index in [0.717, 1.165) is 11.1 Å². The second-order valence-corrected chi connectivity index (χ2v) is 10.3. The number of carbonyl (C=O) groups is 1. The van der Waals surface area contributed by atoms with Crippen LogP contribution in [0.2, 0.25) is 5.02 Å². The summed E-state index contributed by atoms with van der Waals surface area (Å²) in [6, 6.07) is 25.1. The van der Waals surface area contributed by atoms with E-state index >= 15 is 0 Å². The van der Waals surface area contributed by atoms with Crippen LogP contribution in [0.4, 0.5) is 0 Å². The molecule has 4 rings (SSSR count). The zero-order chi connectivity index (χ0) is 22.6. The third-order valence-corrected chi connectivity index (χ3v) is 7.96. The Labute approximate surface area is 194 Å². The molecule has 0 bridgehead atoms. The number of carbonyl (C=O) groups excluding carboxylic acids is 1. The summed E-state index contributed by atoms with van der Waals surface area (Å²) in [4.78, 5) is 13.1. The number of benzene rings is 3. The molecule has 32 heavy (non-hydrogen) atoms. The summed E-state index contributed by atoms with van der Waals surface area (Å²) in [6.07, 6.45) is 1.19. The van der Waals surface area contributed by atoms with Gasteiger partial charge in [0, 0.05) is 18.1 Å². The Morgan fingerprint density at radius 3 is 2.19 bits per heavy atom.